The van der Waals surface area contributed by atoms with Crippen LogP contribution >= 0.6 is 0 Å². The Balaban J connectivity index is 1.62. The molecule has 1 aliphatic heterocycles. The highest BCUT2D eigenvalue weighted by Gasteiger charge is 2.23. The lowest BCUT2D eigenvalue weighted by molar-refractivity contribution is -0.124. The minimum Gasteiger partial charge on any atom is -0.373 e. The van der Waals surface area contributed by atoms with Gasteiger partial charge in [-0.05, 0) is 35.7 Å². The summed E-state index contributed by atoms with van der Waals surface area (Å²) in [5.41, 5.74) is 2.91. The first-order chi connectivity index (χ1) is 11.7. The molecule has 2 aromatic carbocycles. The van der Waals surface area contributed by atoms with E-state index in [2.05, 4.69) is 5.32 Å². The Morgan fingerprint density at radius 2 is 2.17 bits per heavy atom. The number of carbonyl (C=O) groups is 1. The molecule has 1 N–H and O–H groups in total. The lowest BCUT2D eigenvalue weighted by Crippen LogP contribution is -2.27. The van der Waals surface area contributed by atoms with Crippen LogP contribution in [0.15, 0.2) is 42.5 Å². The predicted molar refractivity (Wildman–Crippen MR) is 86.4 cm³/mol. The Morgan fingerprint density at radius 3 is 3.00 bits per heavy atom. The number of benzene rings is 2. The van der Waals surface area contributed by atoms with E-state index in [1.165, 1.54) is 23.8 Å². The van der Waals surface area contributed by atoms with E-state index in [0.29, 0.717) is 17.7 Å². The lowest BCUT2D eigenvalue weighted by Gasteiger charge is -2.25. The minimum atomic E-state index is -0.437. The summed E-state index contributed by atoms with van der Waals surface area (Å²) in [5, 5.41) is 11.6. The zero-order valence-corrected chi connectivity index (χ0v) is 13.1. The average molecular weight is 324 g/mol. The molecule has 0 spiro atoms. The zero-order valence-electron chi connectivity index (χ0n) is 13.1. The van der Waals surface area contributed by atoms with E-state index in [1.807, 2.05) is 30.3 Å². The van der Waals surface area contributed by atoms with Crippen molar-refractivity contribution in [3.05, 3.63) is 70.5 Å². The Labute approximate surface area is 139 Å². The van der Waals surface area contributed by atoms with Gasteiger partial charge in [0.1, 0.15) is 5.82 Å². The Bertz CT molecular complexity index is 798. The first-order valence-electron chi connectivity index (χ1n) is 7.82. The number of carbonyl (C=O) groups excluding carboxylic acids is 1. The fourth-order valence-corrected chi connectivity index (χ4v) is 2.86. The number of amides is 1. The normalized spacial score (nSPS) is 16.1. The van der Waals surface area contributed by atoms with Crippen LogP contribution < -0.4 is 5.32 Å². The lowest BCUT2D eigenvalue weighted by atomic mass is 9.95. The summed E-state index contributed by atoms with van der Waals surface area (Å²) >= 11 is 0. The molecule has 122 valence electrons. The molecule has 4 nitrogen and oxygen atoms in total. The largest absolute Gasteiger partial charge is 0.373 e. The number of nitrogens with one attached hydrogen (secondary N) is 1. The van der Waals surface area contributed by atoms with Crippen molar-refractivity contribution in [3.63, 3.8) is 0 Å². The van der Waals surface area contributed by atoms with Crippen LogP contribution in [0.4, 0.5) is 4.39 Å². The molecule has 24 heavy (non-hydrogen) atoms. The molecule has 0 radical (unpaired) electrons. The van der Waals surface area contributed by atoms with E-state index in [9.17, 15) is 9.18 Å². The van der Waals surface area contributed by atoms with Gasteiger partial charge in [0.15, 0.2) is 0 Å². The van der Waals surface area contributed by atoms with E-state index >= 15 is 0 Å². The van der Waals surface area contributed by atoms with Gasteiger partial charge in [-0.3, -0.25) is 4.79 Å². The van der Waals surface area contributed by atoms with Gasteiger partial charge in [0, 0.05) is 12.1 Å². The SMILES string of the molecule is N#Cc1ccc(F)c(CNC(=O)C[C@H]2OCCc3ccccc32)c1. The van der Waals surface area contributed by atoms with Crippen LogP contribution in [-0.4, -0.2) is 12.5 Å². The topological polar surface area (TPSA) is 62.1 Å². The number of hydrogen-bond donors (Lipinski definition) is 1. The van der Waals surface area contributed by atoms with E-state index < -0.39 is 5.82 Å². The molecule has 1 heterocycles. The maximum atomic E-state index is 13.7. The first-order valence-corrected chi connectivity index (χ1v) is 7.82. The van der Waals surface area contributed by atoms with Crippen molar-refractivity contribution in [2.75, 3.05) is 6.61 Å². The number of fused-ring (bicyclic) bond motifs is 1. The van der Waals surface area contributed by atoms with Gasteiger partial charge in [-0.15, -0.1) is 0 Å². The first kappa shape index (κ1) is 16.2. The Morgan fingerprint density at radius 1 is 1.33 bits per heavy atom. The number of rotatable bonds is 4. The van der Waals surface area contributed by atoms with Gasteiger partial charge in [-0.25, -0.2) is 4.39 Å². The fraction of sp³-hybridized carbons (Fsp3) is 0.263. The smallest absolute Gasteiger partial charge is 0.223 e. The third kappa shape index (κ3) is 3.61. The second-order valence-electron chi connectivity index (χ2n) is 5.71. The van der Waals surface area contributed by atoms with Gasteiger partial charge in [0.2, 0.25) is 5.91 Å². The van der Waals surface area contributed by atoms with Crippen molar-refractivity contribution in [1.29, 1.82) is 5.26 Å². The molecule has 0 aromatic heterocycles. The highest BCUT2D eigenvalue weighted by molar-refractivity contribution is 5.76. The highest BCUT2D eigenvalue weighted by Crippen LogP contribution is 2.29. The van der Waals surface area contributed by atoms with E-state index in [1.54, 1.807) is 0 Å². The van der Waals surface area contributed by atoms with Gasteiger partial charge in [0.25, 0.3) is 0 Å². The van der Waals surface area contributed by atoms with E-state index in [4.69, 9.17) is 10.00 Å². The van der Waals surface area contributed by atoms with Gasteiger partial charge in [-0.2, -0.15) is 5.26 Å². The van der Waals surface area contributed by atoms with Gasteiger partial charge < -0.3 is 10.1 Å². The van der Waals surface area contributed by atoms with E-state index in [0.717, 1.165) is 12.0 Å². The second kappa shape index (κ2) is 7.24. The number of nitriles is 1. The fourth-order valence-electron chi connectivity index (χ4n) is 2.86. The molecule has 3 rings (SSSR count). The second-order valence-corrected chi connectivity index (χ2v) is 5.71. The van der Waals surface area contributed by atoms with Crippen molar-refractivity contribution < 1.29 is 13.9 Å². The monoisotopic (exact) mass is 324 g/mol. The van der Waals surface area contributed by atoms with Crippen LogP contribution in [0.5, 0.6) is 0 Å². The molecule has 0 fully saturated rings. The highest BCUT2D eigenvalue weighted by atomic mass is 19.1. The third-order valence-electron chi connectivity index (χ3n) is 4.11. The summed E-state index contributed by atoms with van der Waals surface area (Å²) in [7, 11) is 0. The quantitative estimate of drug-likeness (QED) is 0.940. The molecular weight excluding hydrogens is 307 g/mol. The molecule has 0 unspecified atom stereocenters. The number of halogens is 1. The van der Waals surface area contributed by atoms with Crippen LogP contribution in [0.3, 0.4) is 0 Å². The minimum absolute atomic E-state index is 0.0502. The average Bonchev–Trinajstić information content (AvgIpc) is 2.61. The number of ether oxygens (including phenoxy) is 1. The van der Waals surface area contributed by atoms with Crippen molar-refractivity contribution in [3.8, 4) is 6.07 Å². The van der Waals surface area contributed by atoms with E-state index in [-0.39, 0.29) is 25.0 Å². The summed E-state index contributed by atoms with van der Waals surface area (Å²) in [6.45, 7) is 0.641. The summed E-state index contributed by atoms with van der Waals surface area (Å²) < 4.78 is 19.4. The number of hydrogen-bond acceptors (Lipinski definition) is 3. The van der Waals surface area contributed by atoms with Crippen LogP contribution in [-0.2, 0) is 22.5 Å². The van der Waals surface area contributed by atoms with Gasteiger partial charge in [0.05, 0.1) is 30.8 Å². The molecule has 1 atom stereocenters. The molecule has 1 aliphatic rings. The van der Waals surface area contributed by atoms with Crippen molar-refractivity contribution >= 4 is 5.91 Å². The molecule has 5 heteroatoms. The Kier molecular flexibility index (Phi) is 4.88. The maximum absolute atomic E-state index is 13.7. The molecule has 0 aliphatic carbocycles. The van der Waals surface area contributed by atoms with Crippen molar-refractivity contribution in [2.45, 2.75) is 25.5 Å². The summed E-state index contributed by atoms with van der Waals surface area (Å²) in [5.74, 6) is -0.646. The Hall–Kier alpha value is -2.71. The van der Waals surface area contributed by atoms with Gasteiger partial charge in [-0.1, -0.05) is 24.3 Å². The molecule has 0 saturated carbocycles. The van der Waals surface area contributed by atoms with Crippen LogP contribution in [0, 0.1) is 17.1 Å². The summed E-state index contributed by atoms with van der Waals surface area (Å²) in [6.07, 6.45) is 0.766. The van der Waals surface area contributed by atoms with Crippen LogP contribution in [0.1, 0.15) is 34.8 Å². The molecule has 0 saturated heterocycles. The summed E-state index contributed by atoms with van der Waals surface area (Å²) in [4.78, 5) is 12.2. The molecule has 2 aromatic rings. The maximum Gasteiger partial charge on any atom is 0.223 e. The standard InChI is InChI=1S/C19H17FN2O2/c20-17-6-5-13(11-21)9-15(17)12-22-19(23)10-18-16-4-2-1-3-14(16)7-8-24-18/h1-6,9,18H,7-8,10,12H2,(H,22,23)/t18-/m1/s1. The molecular formula is C19H17FN2O2. The molecule has 0 bridgehead atoms. The predicted octanol–water partition coefficient (Wildman–Crippen LogP) is 3.02. The zero-order chi connectivity index (χ0) is 16.9. The van der Waals surface area contributed by atoms with Crippen LogP contribution in [0.2, 0.25) is 0 Å². The number of nitrogens with zero attached hydrogens (tertiary/aromatic N) is 1. The van der Waals surface area contributed by atoms with Crippen LogP contribution in [0.25, 0.3) is 0 Å². The van der Waals surface area contributed by atoms with Crippen molar-refractivity contribution in [2.24, 2.45) is 0 Å². The third-order valence-corrected chi connectivity index (χ3v) is 4.11. The summed E-state index contributed by atoms with van der Waals surface area (Å²) in [6, 6.07) is 14.0. The molecule has 1 amide bonds. The van der Waals surface area contributed by atoms with Gasteiger partial charge >= 0.3 is 0 Å². The van der Waals surface area contributed by atoms with Crippen molar-refractivity contribution in [1.82, 2.24) is 5.32 Å².